The topological polar surface area (TPSA) is 235 Å². The van der Waals surface area contributed by atoms with Gasteiger partial charge in [-0.2, -0.15) is 0 Å². The number of amides is 6. The van der Waals surface area contributed by atoms with Gasteiger partial charge < -0.3 is 42.2 Å². The molecule has 6 amide bonds. The monoisotopic (exact) mass is 690 g/mol. The molecular weight excluding hydrogens is 639 g/mol. The van der Waals surface area contributed by atoms with E-state index in [0.29, 0.717) is 24.6 Å². The molecule has 0 aliphatic rings. The number of ether oxygens (including phenoxy) is 1. The second kappa shape index (κ2) is 29.8. The van der Waals surface area contributed by atoms with Crippen LogP contribution in [0.25, 0.3) is 0 Å². The van der Waals surface area contributed by atoms with E-state index in [0.717, 1.165) is 23.4 Å². The highest BCUT2D eigenvalue weighted by atomic mass is 32.7. The highest BCUT2D eigenvalue weighted by Crippen LogP contribution is 2.21. The summed E-state index contributed by atoms with van der Waals surface area (Å²) in [5, 5.41) is 20.4. The van der Waals surface area contributed by atoms with Crippen LogP contribution in [0.15, 0.2) is 24.3 Å². The van der Waals surface area contributed by atoms with E-state index in [-0.39, 0.29) is 49.9 Å². The lowest BCUT2D eigenvalue weighted by atomic mass is 10.1. The number of carbonyl (C=O) groups is 7. The fourth-order valence-corrected chi connectivity index (χ4v) is 3.68. The molecule has 0 bridgehead atoms. The van der Waals surface area contributed by atoms with Crippen LogP contribution in [-0.2, 0) is 40.1 Å². The summed E-state index contributed by atoms with van der Waals surface area (Å²) in [7, 11) is 2.26. The summed E-state index contributed by atoms with van der Waals surface area (Å²) in [6, 6.07) is 6.45. The van der Waals surface area contributed by atoms with Gasteiger partial charge >= 0.3 is 18.0 Å². The lowest BCUT2D eigenvalue weighted by molar-refractivity contribution is -0.142. The van der Waals surface area contributed by atoms with E-state index in [1.807, 2.05) is 41.5 Å². The van der Waals surface area contributed by atoms with Crippen molar-refractivity contribution in [1.29, 1.82) is 0 Å². The predicted molar refractivity (Wildman–Crippen MR) is 183 cm³/mol. The standard InChI is InChI=1S/C12H14N2O4.C11H21N2O4PS.C4H10N2O.C2H6/c1-9(16)18-7-10-2-4-11(5-3-10)14-12(17)6-13-8-15;1-6(2)7(3)13-9(14)5-12-11(17)8(19-18)4-10(15)16;1-2-3-6-4(5)7;1-2/h2-5,8H,6-7H2,1H3,(H,13,15)(H,14,17);6-8H,4-5,18H2,1-3H3,(H,12,17)(H,13,14)(H,15,16);2-3H2,1H3,(H3,5,6,7);1-2H3. The van der Waals surface area contributed by atoms with E-state index in [9.17, 15) is 33.6 Å². The number of benzene rings is 1. The molecule has 0 aromatic heterocycles. The summed E-state index contributed by atoms with van der Waals surface area (Å²) in [4.78, 5) is 75.5. The van der Waals surface area contributed by atoms with E-state index >= 15 is 0 Å². The molecule has 3 unspecified atom stereocenters. The molecule has 1 aromatic rings. The van der Waals surface area contributed by atoms with Gasteiger partial charge in [-0.3, -0.25) is 28.8 Å². The number of primary amides is 1. The first-order valence-corrected chi connectivity index (χ1v) is 16.9. The number of nitrogens with two attached hydrogens (primary N) is 1. The highest BCUT2D eigenvalue weighted by Gasteiger charge is 2.21. The van der Waals surface area contributed by atoms with Gasteiger partial charge in [-0.1, -0.05) is 55.2 Å². The molecule has 0 aliphatic carbocycles. The molecule has 0 saturated heterocycles. The Morgan fingerprint density at radius 2 is 1.59 bits per heavy atom. The Kier molecular flexibility index (Phi) is 30.1. The minimum absolute atomic E-state index is 0.0234. The summed E-state index contributed by atoms with van der Waals surface area (Å²) in [5.41, 5.74) is 6.17. The molecule has 0 radical (unpaired) electrons. The quantitative estimate of drug-likeness (QED) is 0.0758. The van der Waals surface area contributed by atoms with Crippen molar-refractivity contribution in [2.45, 2.75) is 79.2 Å². The maximum Gasteiger partial charge on any atom is 0.312 e. The number of hydrogen-bond acceptors (Lipinski definition) is 9. The normalized spacial score (nSPS) is 10.7. The summed E-state index contributed by atoms with van der Waals surface area (Å²) in [6.07, 6.45) is 1.12. The SMILES string of the molecule is CC.CC(=O)OCc1ccc(NC(=O)CNC=O)cc1.CC(C)C(C)NC(=O)CNC(=O)C(CC(=O)O)SP.CCCNC(N)=O. The second-order valence-electron chi connectivity index (χ2n) is 9.36. The minimum Gasteiger partial charge on any atom is -0.481 e. The van der Waals surface area contributed by atoms with Crippen LogP contribution in [0.3, 0.4) is 0 Å². The van der Waals surface area contributed by atoms with Crippen LogP contribution >= 0.6 is 19.8 Å². The van der Waals surface area contributed by atoms with Gasteiger partial charge in [0.2, 0.25) is 24.1 Å². The zero-order chi connectivity index (χ0) is 36.1. The molecule has 1 rings (SSSR count). The number of nitrogens with one attached hydrogen (secondary N) is 5. The Hall–Kier alpha value is -3.91. The molecule has 0 fully saturated rings. The number of hydrogen-bond donors (Lipinski definition) is 7. The summed E-state index contributed by atoms with van der Waals surface area (Å²) in [5.74, 6) is -2.12. The van der Waals surface area contributed by atoms with Gasteiger partial charge in [0.15, 0.2) is 0 Å². The molecular formula is C29H51N6O9PS. The Morgan fingerprint density at radius 3 is 2.00 bits per heavy atom. The van der Waals surface area contributed by atoms with Gasteiger partial charge in [0.25, 0.3) is 0 Å². The average Bonchev–Trinajstić information content (AvgIpc) is 3.01. The molecule has 0 spiro atoms. The van der Waals surface area contributed by atoms with Gasteiger partial charge in [-0.15, -0.1) is 11.4 Å². The van der Waals surface area contributed by atoms with Gasteiger partial charge in [0, 0.05) is 25.2 Å². The zero-order valence-electron chi connectivity index (χ0n) is 27.6. The Labute approximate surface area is 277 Å². The Balaban J connectivity index is -0.000000639. The molecule has 8 N–H and O–H groups in total. The summed E-state index contributed by atoms with van der Waals surface area (Å²) in [6.45, 7) is 13.8. The van der Waals surface area contributed by atoms with Crippen molar-refractivity contribution in [3.8, 4) is 0 Å². The number of aliphatic carboxylic acids is 1. The first kappa shape index (κ1) is 46.5. The van der Waals surface area contributed by atoms with Crippen molar-refractivity contribution >= 4 is 67.6 Å². The maximum absolute atomic E-state index is 11.6. The number of carbonyl (C=O) groups excluding carboxylic acids is 6. The van der Waals surface area contributed by atoms with Crippen molar-refractivity contribution in [1.82, 2.24) is 21.3 Å². The van der Waals surface area contributed by atoms with Crippen LogP contribution in [-0.4, -0.2) is 78.1 Å². The fourth-order valence-electron chi connectivity index (χ4n) is 2.57. The van der Waals surface area contributed by atoms with Crippen LogP contribution < -0.4 is 32.3 Å². The third-order valence-electron chi connectivity index (χ3n) is 5.20. The molecule has 3 atom stereocenters. The molecule has 0 aliphatic heterocycles. The lowest BCUT2D eigenvalue weighted by Crippen LogP contribution is -2.44. The van der Waals surface area contributed by atoms with E-state index in [1.54, 1.807) is 24.3 Å². The Bertz CT molecular complexity index is 1060. The first-order valence-electron chi connectivity index (χ1n) is 14.5. The third-order valence-corrected chi connectivity index (χ3v) is 6.90. The van der Waals surface area contributed by atoms with Crippen LogP contribution in [0.1, 0.15) is 66.9 Å². The number of esters is 1. The number of carboxylic acid groups (broad SMARTS) is 1. The maximum atomic E-state index is 11.6. The van der Waals surface area contributed by atoms with Crippen molar-refractivity contribution in [3.63, 3.8) is 0 Å². The summed E-state index contributed by atoms with van der Waals surface area (Å²) >= 11 is 1.07. The van der Waals surface area contributed by atoms with Gasteiger partial charge in [0.1, 0.15) is 6.61 Å². The molecule has 15 nitrogen and oxygen atoms in total. The molecule has 0 saturated carbocycles. The number of anilines is 1. The fraction of sp³-hybridized carbons (Fsp3) is 0.552. The average molecular weight is 691 g/mol. The number of rotatable bonds is 16. The zero-order valence-corrected chi connectivity index (χ0v) is 29.6. The lowest BCUT2D eigenvalue weighted by Gasteiger charge is -2.18. The first-order chi connectivity index (χ1) is 21.7. The van der Waals surface area contributed by atoms with Crippen molar-refractivity contribution in [2.24, 2.45) is 11.7 Å². The third kappa shape index (κ3) is 28.8. The van der Waals surface area contributed by atoms with Crippen LogP contribution in [0.5, 0.6) is 0 Å². The largest absolute Gasteiger partial charge is 0.481 e. The van der Waals surface area contributed by atoms with E-state index in [2.05, 4.69) is 35.0 Å². The van der Waals surface area contributed by atoms with E-state index in [4.69, 9.17) is 15.6 Å². The smallest absolute Gasteiger partial charge is 0.312 e. The van der Waals surface area contributed by atoms with Gasteiger partial charge in [-0.25, -0.2) is 4.79 Å². The highest BCUT2D eigenvalue weighted by molar-refractivity contribution is 8.44. The molecule has 0 heterocycles. The van der Waals surface area contributed by atoms with Gasteiger partial charge in [-0.05, 0) is 37.0 Å². The second-order valence-corrected chi connectivity index (χ2v) is 11.0. The van der Waals surface area contributed by atoms with E-state index < -0.39 is 23.2 Å². The number of urea groups is 1. The van der Waals surface area contributed by atoms with Crippen LogP contribution in [0.4, 0.5) is 10.5 Å². The van der Waals surface area contributed by atoms with Crippen molar-refractivity contribution in [2.75, 3.05) is 25.0 Å². The summed E-state index contributed by atoms with van der Waals surface area (Å²) < 4.78 is 4.83. The van der Waals surface area contributed by atoms with Crippen molar-refractivity contribution in [3.05, 3.63) is 29.8 Å². The number of carboxylic acids is 1. The van der Waals surface area contributed by atoms with Crippen LogP contribution in [0, 0.1) is 5.92 Å². The molecule has 46 heavy (non-hydrogen) atoms. The van der Waals surface area contributed by atoms with E-state index in [1.165, 1.54) is 6.92 Å². The molecule has 1 aromatic carbocycles. The molecule has 17 heteroatoms. The van der Waals surface area contributed by atoms with Crippen molar-refractivity contribution < 1.29 is 43.4 Å². The van der Waals surface area contributed by atoms with Crippen LogP contribution in [0.2, 0.25) is 0 Å². The molecule has 262 valence electrons. The minimum atomic E-state index is -1.05. The van der Waals surface area contributed by atoms with Gasteiger partial charge in [0.05, 0.1) is 24.8 Å². The predicted octanol–water partition coefficient (Wildman–Crippen LogP) is 2.16. The Morgan fingerprint density at radius 1 is 1.00 bits per heavy atom.